The van der Waals surface area contributed by atoms with Crippen molar-refractivity contribution in [1.82, 2.24) is 15.0 Å². The fraction of sp³-hybridized carbons (Fsp3) is 0.0625. The molecule has 0 bridgehead atoms. The lowest BCUT2D eigenvalue weighted by atomic mass is 9.82. The first-order valence-electron chi connectivity index (χ1n) is 17.9. The lowest BCUT2D eigenvalue weighted by molar-refractivity contribution is 0.623. The average Bonchev–Trinajstić information content (AvgIpc) is 3.88. The van der Waals surface area contributed by atoms with Gasteiger partial charge in [0, 0.05) is 43.8 Å². The minimum Gasteiger partial charge on any atom is -0.456 e. The van der Waals surface area contributed by atoms with E-state index in [1.807, 2.05) is 54.6 Å². The van der Waals surface area contributed by atoms with E-state index in [0.717, 1.165) is 71.9 Å². The summed E-state index contributed by atoms with van der Waals surface area (Å²) in [6.07, 6.45) is 0. The molecule has 0 radical (unpaired) electrons. The van der Waals surface area contributed by atoms with Gasteiger partial charge in [-0.3, -0.25) is 0 Å². The first kappa shape index (κ1) is 29.8. The molecule has 53 heavy (non-hydrogen) atoms. The molecule has 0 fully saturated rings. The molecular weight excluding hydrogens is 651 g/mol. The van der Waals surface area contributed by atoms with Crippen molar-refractivity contribution in [3.8, 4) is 56.5 Å². The number of nitrogens with zero attached hydrogens (tertiary/aromatic N) is 3. The van der Waals surface area contributed by atoms with E-state index in [1.54, 1.807) is 0 Å². The number of fused-ring (bicyclic) bond motifs is 9. The van der Waals surface area contributed by atoms with Gasteiger partial charge in [0.2, 0.25) is 5.89 Å². The standard InChI is InChI=1S/C48H31N3O2/c1-48(2)37-17-8-6-14-32(37)35-25-30(19-22-38(35)48)41-27-40(28-11-4-3-5-12-28)49-46(50-41)34-16-10-13-29-20-23-39-45(44(29)34)53-47(51-39)31-21-24-43-36(26-31)33-15-7-9-18-42(33)52-43/h3-27H,1-2H3. The highest BCUT2D eigenvalue weighted by Gasteiger charge is 2.35. The van der Waals surface area contributed by atoms with Crippen LogP contribution >= 0.6 is 0 Å². The second kappa shape index (κ2) is 11.1. The summed E-state index contributed by atoms with van der Waals surface area (Å²) in [5, 5.41) is 4.05. The van der Waals surface area contributed by atoms with E-state index in [4.69, 9.17) is 23.8 Å². The second-order valence-corrected chi connectivity index (χ2v) is 14.4. The van der Waals surface area contributed by atoms with Crippen LogP contribution in [-0.2, 0) is 5.41 Å². The Kier molecular flexibility index (Phi) is 6.23. The molecule has 0 spiro atoms. The first-order chi connectivity index (χ1) is 26.0. The Morgan fingerprint density at radius 3 is 2.11 bits per heavy atom. The third-order valence-electron chi connectivity index (χ3n) is 10.9. The van der Waals surface area contributed by atoms with Gasteiger partial charge in [-0.05, 0) is 70.1 Å². The monoisotopic (exact) mass is 681 g/mol. The Balaban J connectivity index is 1.10. The van der Waals surface area contributed by atoms with Gasteiger partial charge in [-0.1, -0.05) is 123 Å². The summed E-state index contributed by atoms with van der Waals surface area (Å²) < 4.78 is 12.8. The number of hydrogen-bond donors (Lipinski definition) is 0. The molecule has 11 rings (SSSR count). The van der Waals surface area contributed by atoms with E-state index in [1.165, 1.54) is 22.3 Å². The minimum atomic E-state index is -0.0706. The summed E-state index contributed by atoms with van der Waals surface area (Å²) in [6.45, 7) is 4.61. The van der Waals surface area contributed by atoms with Gasteiger partial charge in [0.05, 0.1) is 11.4 Å². The second-order valence-electron chi connectivity index (χ2n) is 14.4. The molecule has 0 unspecified atom stereocenters. The van der Waals surface area contributed by atoms with Crippen molar-refractivity contribution in [2.75, 3.05) is 0 Å². The van der Waals surface area contributed by atoms with Crippen LogP contribution in [0.15, 0.2) is 160 Å². The maximum atomic E-state index is 6.70. The molecule has 7 aromatic carbocycles. The lowest BCUT2D eigenvalue weighted by Gasteiger charge is -2.21. The van der Waals surface area contributed by atoms with Crippen molar-refractivity contribution in [1.29, 1.82) is 0 Å². The normalized spacial score (nSPS) is 13.2. The Labute approximate surface area is 305 Å². The van der Waals surface area contributed by atoms with Gasteiger partial charge >= 0.3 is 0 Å². The predicted molar refractivity (Wildman–Crippen MR) is 214 cm³/mol. The highest BCUT2D eigenvalue weighted by Crippen LogP contribution is 2.49. The number of aromatic nitrogens is 3. The van der Waals surface area contributed by atoms with Crippen LogP contribution < -0.4 is 0 Å². The largest absolute Gasteiger partial charge is 0.456 e. The van der Waals surface area contributed by atoms with Crippen molar-refractivity contribution in [3.05, 3.63) is 163 Å². The Hall–Kier alpha value is -6.85. The van der Waals surface area contributed by atoms with Crippen LogP contribution in [0.25, 0.3) is 100 Å². The van der Waals surface area contributed by atoms with Gasteiger partial charge in [-0.15, -0.1) is 0 Å². The van der Waals surface area contributed by atoms with Gasteiger partial charge in [-0.2, -0.15) is 0 Å². The van der Waals surface area contributed by atoms with E-state index in [9.17, 15) is 0 Å². The molecule has 250 valence electrons. The fourth-order valence-electron chi connectivity index (χ4n) is 8.28. The first-order valence-corrected chi connectivity index (χ1v) is 17.9. The average molecular weight is 682 g/mol. The van der Waals surface area contributed by atoms with Crippen LogP contribution in [0, 0.1) is 0 Å². The Morgan fingerprint density at radius 2 is 1.21 bits per heavy atom. The quantitative estimate of drug-likeness (QED) is 0.185. The van der Waals surface area contributed by atoms with E-state index < -0.39 is 0 Å². The predicted octanol–water partition coefficient (Wildman–Crippen LogP) is 12.6. The number of furan rings is 1. The molecule has 5 nitrogen and oxygen atoms in total. The SMILES string of the molecule is CC1(C)c2ccccc2-c2cc(-c3cc(-c4ccccc4)nc(-c4cccc5ccc6nc(-c7ccc8oc9ccccc9c8c7)oc6c45)n3)ccc21. The van der Waals surface area contributed by atoms with E-state index in [0.29, 0.717) is 17.3 Å². The number of hydrogen-bond acceptors (Lipinski definition) is 5. The summed E-state index contributed by atoms with van der Waals surface area (Å²) in [4.78, 5) is 15.5. The van der Waals surface area contributed by atoms with Crippen LogP contribution in [0.3, 0.4) is 0 Å². The van der Waals surface area contributed by atoms with E-state index in [2.05, 4.69) is 111 Å². The number of oxazole rings is 1. The van der Waals surface area contributed by atoms with Crippen molar-refractivity contribution >= 4 is 43.8 Å². The van der Waals surface area contributed by atoms with Crippen molar-refractivity contribution in [2.24, 2.45) is 0 Å². The molecule has 5 heteroatoms. The van der Waals surface area contributed by atoms with Gasteiger partial charge in [0.25, 0.3) is 0 Å². The topological polar surface area (TPSA) is 65.0 Å². The molecule has 0 aliphatic heterocycles. The van der Waals surface area contributed by atoms with Crippen molar-refractivity contribution in [2.45, 2.75) is 19.3 Å². The summed E-state index contributed by atoms with van der Waals surface area (Å²) in [5.41, 5.74) is 13.9. The summed E-state index contributed by atoms with van der Waals surface area (Å²) in [7, 11) is 0. The maximum Gasteiger partial charge on any atom is 0.227 e. The van der Waals surface area contributed by atoms with Crippen LogP contribution in [0.5, 0.6) is 0 Å². The van der Waals surface area contributed by atoms with Crippen LogP contribution in [-0.4, -0.2) is 15.0 Å². The maximum absolute atomic E-state index is 6.70. The fourth-order valence-corrected chi connectivity index (χ4v) is 8.28. The molecule has 0 N–H and O–H groups in total. The van der Waals surface area contributed by atoms with Crippen molar-refractivity contribution in [3.63, 3.8) is 0 Å². The molecule has 0 saturated heterocycles. The number of rotatable bonds is 4. The molecule has 0 saturated carbocycles. The molecule has 1 aliphatic rings. The smallest absolute Gasteiger partial charge is 0.227 e. The third kappa shape index (κ3) is 4.54. The zero-order chi connectivity index (χ0) is 35.3. The minimum absolute atomic E-state index is 0.0706. The molecule has 3 aromatic heterocycles. The van der Waals surface area contributed by atoms with E-state index in [-0.39, 0.29) is 5.41 Å². The lowest BCUT2D eigenvalue weighted by Crippen LogP contribution is -2.14. The summed E-state index contributed by atoms with van der Waals surface area (Å²) in [6, 6.07) is 52.5. The molecule has 1 aliphatic carbocycles. The van der Waals surface area contributed by atoms with Crippen LogP contribution in [0.1, 0.15) is 25.0 Å². The number of benzene rings is 7. The highest BCUT2D eigenvalue weighted by molar-refractivity contribution is 6.11. The van der Waals surface area contributed by atoms with Gasteiger partial charge < -0.3 is 8.83 Å². The zero-order valence-electron chi connectivity index (χ0n) is 29.1. The Morgan fingerprint density at radius 1 is 0.472 bits per heavy atom. The van der Waals surface area contributed by atoms with Gasteiger partial charge in [-0.25, -0.2) is 15.0 Å². The molecule has 10 aromatic rings. The van der Waals surface area contributed by atoms with Crippen LogP contribution in [0.4, 0.5) is 0 Å². The third-order valence-corrected chi connectivity index (χ3v) is 10.9. The zero-order valence-corrected chi connectivity index (χ0v) is 29.1. The molecule has 0 amide bonds. The number of para-hydroxylation sites is 1. The highest BCUT2D eigenvalue weighted by atomic mass is 16.3. The van der Waals surface area contributed by atoms with Gasteiger partial charge in [0.1, 0.15) is 16.7 Å². The van der Waals surface area contributed by atoms with Crippen molar-refractivity contribution < 1.29 is 8.83 Å². The summed E-state index contributed by atoms with van der Waals surface area (Å²) in [5.74, 6) is 1.18. The molecular formula is C48H31N3O2. The molecule has 3 heterocycles. The Bertz CT molecular complexity index is 3100. The van der Waals surface area contributed by atoms with E-state index >= 15 is 0 Å². The summed E-state index contributed by atoms with van der Waals surface area (Å²) >= 11 is 0. The van der Waals surface area contributed by atoms with Gasteiger partial charge in [0.15, 0.2) is 11.4 Å². The molecule has 0 atom stereocenters. The van der Waals surface area contributed by atoms with Crippen LogP contribution in [0.2, 0.25) is 0 Å².